The number of carbonyl (C=O) groups is 1. The van der Waals surface area contributed by atoms with Crippen molar-refractivity contribution in [3.8, 4) is 0 Å². The van der Waals surface area contributed by atoms with E-state index in [9.17, 15) is 4.79 Å². The first-order valence-corrected chi connectivity index (χ1v) is 10.3. The van der Waals surface area contributed by atoms with Crippen LogP contribution in [0.2, 0.25) is 0 Å². The number of hydrogen-bond acceptors (Lipinski definition) is 5. The van der Waals surface area contributed by atoms with Crippen molar-refractivity contribution in [2.75, 3.05) is 46.4 Å². The number of likely N-dealkylation sites (tertiary alicyclic amines) is 2. The Labute approximate surface area is 163 Å². The highest BCUT2D eigenvalue weighted by Crippen LogP contribution is 2.25. The zero-order valence-electron chi connectivity index (χ0n) is 17.1. The van der Waals surface area contributed by atoms with Gasteiger partial charge in [0.05, 0.1) is 18.7 Å². The third-order valence-electron chi connectivity index (χ3n) is 6.23. The van der Waals surface area contributed by atoms with Crippen LogP contribution in [0, 0.1) is 12.8 Å². The third-order valence-corrected chi connectivity index (χ3v) is 6.23. The van der Waals surface area contributed by atoms with Crippen LogP contribution in [0.4, 0.5) is 0 Å². The number of nitrogens with zero attached hydrogens (tertiary/aromatic N) is 4. The smallest absolute Gasteiger partial charge is 0.224 e. The summed E-state index contributed by atoms with van der Waals surface area (Å²) >= 11 is 0. The van der Waals surface area contributed by atoms with Gasteiger partial charge in [0.15, 0.2) is 0 Å². The molecule has 1 aromatic rings. The fourth-order valence-corrected chi connectivity index (χ4v) is 4.36. The van der Waals surface area contributed by atoms with Gasteiger partial charge in [-0.15, -0.1) is 0 Å². The molecule has 0 aromatic carbocycles. The lowest BCUT2D eigenvalue weighted by atomic mass is 9.93. The van der Waals surface area contributed by atoms with Crippen molar-refractivity contribution in [1.82, 2.24) is 24.9 Å². The SMILES string of the molecule is COCCNC(=O)C1CCCN(C2CCN(Cc3cnn(C)c3C)CC2)C1. The summed E-state index contributed by atoms with van der Waals surface area (Å²) in [5, 5.41) is 7.37. The Kier molecular flexibility index (Phi) is 7.26. The molecule has 2 fully saturated rings. The molecule has 27 heavy (non-hydrogen) atoms. The first kappa shape index (κ1) is 20.3. The van der Waals surface area contributed by atoms with E-state index in [1.165, 1.54) is 24.1 Å². The van der Waals surface area contributed by atoms with Gasteiger partial charge in [0.2, 0.25) is 5.91 Å². The zero-order valence-corrected chi connectivity index (χ0v) is 17.1. The van der Waals surface area contributed by atoms with Crippen LogP contribution in [-0.2, 0) is 23.1 Å². The minimum atomic E-state index is 0.131. The average Bonchev–Trinajstić information content (AvgIpc) is 3.01. The molecule has 2 aliphatic rings. The number of methoxy groups -OCH3 is 1. The molecule has 1 N–H and O–H groups in total. The number of nitrogens with one attached hydrogen (secondary N) is 1. The van der Waals surface area contributed by atoms with Crippen LogP contribution < -0.4 is 5.32 Å². The second kappa shape index (κ2) is 9.66. The summed E-state index contributed by atoms with van der Waals surface area (Å²) in [6, 6.07) is 0.617. The van der Waals surface area contributed by atoms with Gasteiger partial charge in [0.1, 0.15) is 0 Å². The van der Waals surface area contributed by atoms with Gasteiger partial charge < -0.3 is 10.1 Å². The quantitative estimate of drug-likeness (QED) is 0.723. The second-order valence-electron chi connectivity index (χ2n) is 8.00. The normalized spacial score (nSPS) is 22.9. The number of carbonyl (C=O) groups excluding carboxylic acids is 1. The van der Waals surface area contributed by atoms with Gasteiger partial charge in [0.25, 0.3) is 0 Å². The zero-order chi connectivity index (χ0) is 19.2. The molecule has 0 radical (unpaired) electrons. The summed E-state index contributed by atoms with van der Waals surface area (Å²) in [6.07, 6.45) is 6.51. The van der Waals surface area contributed by atoms with Crippen molar-refractivity contribution in [3.63, 3.8) is 0 Å². The molecule has 0 saturated carbocycles. The van der Waals surface area contributed by atoms with Gasteiger partial charge in [-0.25, -0.2) is 0 Å². The van der Waals surface area contributed by atoms with Gasteiger partial charge in [-0.2, -0.15) is 5.10 Å². The lowest BCUT2D eigenvalue weighted by molar-refractivity contribution is -0.127. The second-order valence-corrected chi connectivity index (χ2v) is 8.00. The van der Waals surface area contributed by atoms with E-state index in [1.54, 1.807) is 7.11 Å². The first-order chi connectivity index (χ1) is 13.1. The number of amides is 1. The summed E-state index contributed by atoms with van der Waals surface area (Å²) in [4.78, 5) is 17.5. The maximum absolute atomic E-state index is 12.4. The molecule has 1 unspecified atom stereocenters. The molecule has 3 heterocycles. The van der Waals surface area contributed by atoms with Crippen molar-refractivity contribution in [1.29, 1.82) is 0 Å². The molecule has 152 valence electrons. The molecule has 2 aliphatic heterocycles. The summed E-state index contributed by atoms with van der Waals surface area (Å²) < 4.78 is 6.97. The fraction of sp³-hybridized carbons (Fsp3) is 0.800. The van der Waals surface area contributed by atoms with Gasteiger partial charge in [0, 0.05) is 51.1 Å². The van der Waals surface area contributed by atoms with Crippen molar-refractivity contribution < 1.29 is 9.53 Å². The number of aryl methyl sites for hydroxylation is 1. The number of hydrogen-bond donors (Lipinski definition) is 1. The predicted octanol–water partition coefficient (Wildman–Crippen LogP) is 1.17. The van der Waals surface area contributed by atoms with Gasteiger partial charge in [-0.05, 0) is 52.2 Å². The number of piperidine rings is 2. The van der Waals surface area contributed by atoms with E-state index in [-0.39, 0.29) is 11.8 Å². The van der Waals surface area contributed by atoms with Crippen LogP contribution in [0.1, 0.15) is 36.9 Å². The van der Waals surface area contributed by atoms with Crippen molar-refractivity contribution >= 4 is 5.91 Å². The highest BCUT2D eigenvalue weighted by atomic mass is 16.5. The van der Waals surface area contributed by atoms with Gasteiger partial charge in [-0.1, -0.05) is 0 Å². The molecule has 0 aliphatic carbocycles. The Bertz CT molecular complexity index is 610. The number of ether oxygens (including phenoxy) is 1. The Morgan fingerprint density at radius 2 is 2.07 bits per heavy atom. The van der Waals surface area contributed by atoms with Crippen molar-refractivity contribution in [2.45, 2.75) is 45.2 Å². The minimum absolute atomic E-state index is 0.131. The standard InChI is InChI=1S/C20H35N5O2/c1-16-18(13-22-23(16)2)14-24-10-6-19(7-11-24)25-9-4-5-17(15-25)20(26)21-8-12-27-3/h13,17,19H,4-12,14-15H2,1-3H3,(H,21,26). The molecular weight excluding hydrogens is 342 g/mol. The van der Waals surface area contributed by atoms with Crippen LogP contribution in [0.5, 0.6) is 0 Å². The molecule has 1 aromatic heterocycles. The van der Waals surface area contributed by atoms with E-state index in [0.717, 1.165) is 45.6 Å². The van der Waals surface area contributed by atoms with E-state index in [4.69, 9.17) is 4.74 Å². The molecule has 7 heteroatoms. The molecule has 3 rings (SSSR count). The molecule has 1 amide bonds. The largest absolute Gasteiger partial charge is 0.383 e. The van der Waals surface area contributed by atoms with E-state index in [1.807, 2.05) is 17.9 Å². The summed E-state index contributed by atoms with van der Waals surface area (Å²) in [7, 11) is 3.67. The summed E-state index contributed by atoms with van der Waals surface area (Å²) in [6.45, 7) is 8.62. The van der Waals surface area contributed by atoms with Crippen LogP contribution in [0.3, 0.4) is 0 Å². The maximum atomic E-state index is 12.4. The van der Waals surface area contributed by atoms with E-state index in [0.29, 0.717) is 19.2 Å². The lowest BCUT2D eigenvalue weighted by Gasteiger charge is -2.42. The minimum Gasteiger partial charge on any atom is -0.383 e. The maximum Gasteiger partial charge on any atom is 0.224 e. The topological polar surface area (TPSA) is 62.6 Å². The Balaban J connectivity index is 1.44. The van der Waals surface area contributed by atoms with Gasteiger partial charge >= 0.3 is 0 Å². The summed E-state index contributed by atoms with van der Waals surface area (Å²) in [5.41, 5.74) is 2.59. The molecule has 2 saturated heterocycles. The molecule has 1 atom stereocenters. The van der Waals surface area contributed by atoms with E-state index >= 15 is 0 Å². The van der Waals surface area contributed by atoms with Gasteiger partial charge in [-0.3, -0.25) is 19.3 Å². The molecule has 0 spiro atoms. The van der Waals surface area contributed by atoms with E-state index < -0.39 is 0 Å². The monoisotopic (exact) mass is 377 g/mol. The Morgan fingerprint density at radius 3 is 2.74 bits per heavy atom. The molecule has 0 bridgehead atoms. The van der Waals surface area contributed by atoms with E-state index in [2.05, 4.69) is 27.1 Å². The van der Waals surface area contributed by atoms with Crippen LogP contribution in [-0.4, -0.2) is 78.0 Å². The molecular formula is C20H35N5O2. The highest BCUT2D eigenvalue weighted by molar-refractivity contribution is 5.78. The third kappa shape index (κ3) is 5.30. The lowest BCUT2D eigenvalue weighted by Crippen LogP contribution is -2.50. The van der Waals surface area contributed by atoms with Crippen molar-refractivity contribution in [3.05, 3.63) is 17.5 Å². The fourth-order valence-electron chi connectivity index (χ4n) is 4.36. The number of aromatic nitrogens is 2. The van der Waals surface area contributed by atoms with Crippen LogP contribution in [0.25, 0.3) is 0 Å². The summed E-state index contributed by atoms with van der Waals surface area (Å²) in [5.74, 6) is 0.327. The first-order valence-electron chi connectivity index (χ1n) is 10.3. The molecule has 7 nitrogen and oxygen atoms in total. The van der Waals surface area contributed by atoms with Crippen LogP contribution >= 0.6 is 0 Å². The Hall–Kier alpha value is -1.44. The number of rotatable bonds is 7. The predicted molar refractivity (Wildman–Crippen MR) is 105 cm³/mol. The van der Waals surface area contributed by atoms with Crippen LogP contribution in [0.15, 0.2) is 6.20 Å². The average molecular weight is 378 g/mol. The highest BCUT2D eigenvalue weighted by Gasteiger charge is 2.31. The Morgan fingerprint density at radius 1 is 1.30 bits per heavy atom. The van der Waals surface area contributed by atoms with Crippen molar-refractivity contribution in [2.24, 2.45) is 13.0 Å².